The van der Waals surface area contributed by atoms with Gasteiger partial charge in [-0.25, -0.2) is 14.5 Å². The highest BCUT2D eigenvalue weighted by Gasteiger charge is 2.37. The van der Waals surface area contributed by atoms with Crippen LogP contribution in [-0.2, 0) is 14.3 Å². The van der Waals surface area contributed by atoms with Crippen molar-refractivity contribution in [3.63, 3.8) is 0 Å². The van der Waals surface area contributed by atoms with E-state index in [1.54, 1.807) is 12.1 Å². The fourth-order valence-corrected chi connectivity index (χ4v) is 3.57. The van der Waals surface area contributed by atoms with Gasteiger partial charge in [0, 0.05) is 0 Å². The van der Waals surface area contributed by atoms with E-state index in [-0.39, 0.29) is 16.8 Å². The lowest BCUT2D eigenvalue weighted by Gasteiger charge is -2.26. The smallest absolute Gasteiger partial charge is 0.337 e. The van der Waals surface area contributed by atoms with E-state index in [9.17, 15) is 19.2 Å². The second kappa shape index (κ2) is 9.00. The van der Waals surface area contributed by atoms with Crippen LogP contribution in [0.2, 0.25) is 0 Å². The number of carbonyl (C=O) groups is 4. The molecule has 1 aliphatic rings. The van der Waals surface area contributed by atoms with Gasteiger partial charge in [-0.05, 0) is 64.0 Å². The van der Waals surface area contributed by atoms with Crippen molar-refractivity contribution in [1.29, 1.82) is 0 Å². The molecule has 1 heterocycles. The van der Waals surface area contributed by atoms with Crippen LogP contribution in [0.25, 0.3) is 6.08 Å². The van der Waals surface area contributed by atoms with E-state index in [2.05, 4.69) is 26.0 Å². The molecule has 1 aliphatic heterocycles. The number of hydrogen-bond donors (Lipinski definition) is 1. The number of benzene rings is 2. The number of barbiturate groups is 1. The number of nitrogens with zero attached hydrogens (tertiary/aromatic N) is 1. The van der Waals surface area contributed by atoms with Gasteiger partial charge in [0.2, 0.25) is 0 Å². The third-order valence-electron chi connectivity index (χ3n) is 4.42. The monoisotopic (exact) mass is 488 g/mol. The first-order valence-electron chi connectivity index (χ1n) is 8.82. The minimum absolute atomic E-state index is 0.182. The SMILES string of the molecule is COC(=O)c1ccc(N2C(=O)NC(=O)C(=Cc3cc(Br)c(OC)c(OC)c3)C2=O)cc1. The Bertz CT molecular complexity index is 1110. The molecular formula is C21H17BrN2O7. The maximum absolute atomic E-state index is 13.0. The number of nitrogens with one attached hydrogen (secondary N) is 1. The van der Waals surface area contributed by atoms with Crippen LogP contribution in [0.3, 0.4) is 0 Å². The van der Waals surface area contributed by atoms with E-state index in [0.29, 0.717) is 21.5 Å². The van der Waals surface area contributed by atoms with E-state index in [1.807, 2.05) is 0 Å². The Morgan fingerprint density at radius 2 is 1.71 bits per heavy atom. The second-order valence-electron chi connectivity index (χ2n) is 6.23. The number of urea groups is 1. The first kappa shape index (κ1) is 22.0. The summed E-state index contributed by atoms with van der Waals surface area (Å²) >= 11 is 3.35. The molecule has 0 atom stereocenters. The summed E-state index contributed by atoms with van der Waals surface area (Å²) < 4.78 is 15.7. The Balaban J connectivity index is 2.00. The summed E-state index contributed by atoms with van der Waals surface area (Å²) in [4.78, 5) is 50.1. The molecule has 1 N–H and O–H groups in total. The summed E-state index contributed by atoms with van der Waals surface area (Å²) in [5.74, 6) is -1.37. The van der Waals surface area contributed by atoms with Crippen molar-refractivity contribution < 1.29 is 33.4 Å². The number of hydrogen-bond acceptors (Lipinski definition) is 7. The predicted molar refractivity (Wildman–Crippen MR) is 114 cm³/mol. The molecule has 0 unspecified atom stereocenters. The fraction of sp³-hybridized carbons (Fsp3) is 0.143. The third kappa shape index (κ3) is 4.29. The Morgan fingerprint density at radius 1 is 1.03 bits per heavy atom. The molecule has 1 fully saturated rings. The molecule has 3 rings (SSSR count). The molecule has 0 bridgehead atoms. The van der Waals surface area contributed by atoms with Crippen molar-refractivity contribution >= 4 is 51.5 Å². The number of rotatable bonds is 5. The number of methoxy groups -OCH3 is 3. The van der Waals surface area contributed by atoms with Crippen LogP contribution < -0.4 is 19.7 Å². The van der Waals surface area contributed by atoms with Gasteiger partial charge < -0.3 is 14.2 Å². The minimum Gasteiger partial charge on any atom is -0.493 e. The summed E-state index contributed by atoms with van der Waals surface area (Å²) in [7, 11) is 4.18. The molecule has 1 saturated heterocycles. The summed E-state index contributed by atoms with van der Waals surface area (Å²) in [5, 5.41) is 2.14. The van der Waals surface area contributed by atoms with Gasteiger partial charge in [0.05, 0.1) is 37.1 Å². The molecule has 0 aliphatic carbocycles. The van der Waals surface area contributed by atoms with Gasteiger partial charge in [0.15, 0.2) is 11.5 Å². The molecule has 4 amide bonds. The number of imide groups is 2. The summed E-state index contributed by atoms with van der Waals surface area (Å²) in [6, 6.07) is 7.96. The average molecular weight is 489 g/mol. The summed E-state index contributed by atoms with van der Waals surface area (Å²) in [5.41, 5.74) is 0.648. The normalized spacial score (nSPS) is 15.0. The van der Waals surface area contributed by atoms with Crippen LogP contribution in [0, 0.1) is 0 Å². The number of amides is 4. The molecule has 10 heteroatoms. The number of carbonyl (C=O) groups excluding carboxylic acids is 4. The van der Waals surface area contributed by atoms with Gasteiger partial charge in [-0.2, -0.15) is 0 Å². The highest BCUT2D eigenvalue weighted by molar-refractivity contribution is 9.10. The Labute approximate surface area is 185 Å². The van der Waals surface area contributed by atoms with Gasteiger partial charge in [-0.15, -0.1) is 0 Å². The van der Waals surface area contributed by atoms with Crippen LogP contribution >= 0.6 is 15.9 Å². The fourth-order valence-electron chi connectivity index (χ4n) is 2.94. The molecule has 31 heavy (non-hydrogen) atoms. The zero-order valence-corrected chi connectivity index (χ0v) is 18.3. The second-order valence-corrected chi connectivity index (χ2v) is 7.09. The molecule has 0 spiro atoms. The van der Waals surface area contributed by atoms with Crippen molar-refractivity contribution in [2.75, 3.05) is 26.2 Å². The lowest BCUT2D eigenvalue weighted by Crippen LogP contribution is -2.54. The molecule has 0 radical (unpaired) electrons. The van der Waals surface area contributed by atoms with Crippen LogP contribution in [0.5, 0.6) is 11.5 Å². The third-order valence-corrected chi connectivity index (χ3v) is 5.00. The number of anilines is 1. The van der Waals surface area contributed by atoms with Crippen LogP contribution in [0.1, 0.15) is 15.9 Å². The van der Waals surface area contributed by atoms with Gasteiger partial charge in [0.25, 0.3) is 11.8 Å². The van der Waals surface area contributed by atoms with Gasteiger partial charge in [-0.3, -0.25) is 14.9 Å². The molecule has 160 valence electrons. The highest BCUT2D eigenvalue weighted by atomic mass is 79.9. The van der Waals surface area contributed by atoms with Gasteiger partial charge in [0.1, 0.15) is 5.57 Å². The van der Waals surface area contributed by atoms with E-state index >= 15 is 0 Å². The van der Waals surface area contributed by atoms with Crippen molar-refractivity contribution in [2.24, 2.45) is 0 Å². The summed E-state index contributed by atoms with van der Waals surface area (Å²) in [6.07, 6.45) is 1.34. The molecule has 2 aromatic rings. The average Bonchev–Trinajstić information content (AvgIpc) is 2.76. The number of halogens is 1. The molecule has 0 saturated carbocycles. The van der Waals surface area contributed by atoms with Crippen molar-refractivity contribution in [1.82, 2.24) is 5.32 Å². The molecule has 0 aromatic heterocycles. The molecule has 2 aromatic carbocycles. The zero-order chi connectivity index (χ0) is 22.7. The predicted octanol–water partition coefficient (Wildman–Crippen LogP) is 2.92. The van der Waals surface area contributed by atoms with E-state index in [0.717, 1.165) is 4.90 Å². The largest absolute Gasteiger partial charge is 0.493 e. The topological polar surface area (TPSA) is 111 Å². The number of esters is 1. The Kier molecular flexibility index (Phi) is 6.40. The Hall–Kier alpha value is -3.66. The quantitative estimate of drug-likeness (QED) is 0.391. The first-order valence-corrected chi connectivity index (χ1v) is 9.61. The first-order chi connectivity index (χ1) is 14.8. The van der Waals surface area contributed by atoms with E-state index in [4.69, 9.17) is 9.47 Å². The van der Waals surface area contributed by atoms with Crippen molar-refractivity contribution in [3.8, 4) is 11.5 Å². The molecule has 9 nitrogen and oxygen atoms in total. The summed E-state index contributed by atoms with van der Waals surface area (Å²) in [6.45, 7) is 0. The Morgan fingerprint density at radius 3 is 2.29 bits per heavy atom. The van der Waals surface area contributed by atoms with Crippen LogP contribution in [0.4, 0.5) is 10.5 Å². The maximum atomic E-state index is 13.0. The number of ether oxygens (including phenoxy) is 3. The van der Waals surface area contributed by atoms with E-state index in [1.165, 1.54) is 51.7 Å². The van der Waals surface area contributed by atoms with Crippen LogP contribution in [0.15, 0.2) is 46.4 Å². The van der Waals surface area contributed by atoms with Gasteiger partial charge >= 0.3 is 12.0 Å². The van der Waals surface area contributed by atoms with Crippen molar-refractivity contribution in [3.05, 3.63) is 57.6 Å². The highest BCUT2D eigenvalue weighted by Crippen LogP contribution is 2.37. The standard InChI is InChI=1S/C21H17BrN2O7/c1-29-16-10-11(9-15(22)17(16)30-2)8-14-18(25)23-21(28)24(19(14)26)13-6-4-12(5-7-13)20(27)31-3/h4-10H,1-3H3,(H,23,25,28). The zero-order valence-electron chi connectivity index (χ0n) is 16.7. The van der Waals surface area contributed by atoms with Crippen LogP contribution in [-0.4, -0.2) is 45.1 Å². The van der Waals surface area contributed by atoms with E-state index < -0.39 is 23.8 Å². The van der Waals surface area contributed by atoms with Crippen molar-refractivity contribution in [2.45, 2.75) is 0 Å². The lowest BCUT2D eigenvalue weighted by molar-refractivity contribution is -0.122. The lowest BCUT2D eigenvalue weighted by atomic mass is 10.1. The maximum Gasteiger partial charge on any atom is 0.337 e. The van der Waals surface area contributed by atoms with Gasteiger partial charge in [-0.1, -0.05) is 0 Å². The molecular weight excluding hydrogens is 472 g/mol. The minimum atomic E-state index is -0.897.